The molecule has 2 unspecified atom stereocenters. The van der Waals surface area contributed by atoms with Gasteiger partial charge in [-0.15, -0.1) is 45.3 Å². The standard InChI is InChI=1S/C25H33N5O3S.3C23H31N5O3S/c1-5-16(3)27-19-11-15(2)18(12-26-19)21-20(23(31)30-9-6-7-17(30)4)28-22(34-21)24(32)29-13-25(14-29)8-10-33-25;3*1-12(2)25-18-10-13(3)15(11-24-18)20-19(23(31)28-9-5-6-14(28)4)27-22(32-20)21(30)26-16-7-8-17(16)29/h11-12,16-17H,5-10,13-14H2,1-4H3,(H,26,27);3*10-12,14,16-17,29H,5-9H2,1-4H3,(H,24,25)(H,26,30)/t16-,17+;14-,16?,17?;14-,16+,17-;14-,16-,17+/m1000/s1. The summed E-state index contributed by atoms with van der Waals surface area (Å²) in [6, 6.07) is 8.79. The molecule has 32 nitrogen and oxygen atoms in total. The average Bonchev–Trinajstić information content (AvgIpc) is 0.898. The summed E-state index contributed by atoms with van der Waals surface area (Å²) in [5, 5.41) is 52.3. The molecule has 14 heterocycles. The molecule has 6 aliphatic heterocycles. The number of hydrogen-bond acceptors (Lipinski definition) is 28. The number of anilines is 4. The van der Waals surface area contributed by atoms with Crippen LogP contribution in [0.1, 0.15) is 289 Å². The first-order chi connectivity index (χ1) is 62.0. The molecule has 1 spiro atoms. The molecule has 0 bridgehead atoms. The highest BCUT2D eigenvalue weighted by Crippen LogP contribution is 2.43. The number of aromatic nitrogens is 8. The van der Waals surface area contributed by atoms with Crippen molar-refractivity contribution >= 4 is 116 Å². The second-order valence-electron chi connectivity index (χ2n) is 37.3. The van der Waals surface area contributed by atoms with Gasteiger partial charge in [-0.25, -0.2) is 39.9 Å². The Hall–Kier alpha value is -10.1. The third-order valence-electron chi connectivity index (χ3n) is 26.0. The highest BCUT2D eigenvalue weighted by Gasteiger charge is 2.52. The topological polar surface area (TPSA) is 410 Å². The van der Waals surface area contributed by atoms with Crippen molar-refractivity contribution in [1.29, 1.82) is 0 Å². The number of nitrogens with zero attached hydrogens (tertiary/aromatic N) is 13. The largest absolute Gasteiger partial charge is 0.391 e. The molecule has 698 valence electrons. The molecule has 3 aliphatic carbocycles. The van der Waals surface area contributed by atoms with Gasteiger partial charge < -0.3 is 81.8 Å². The smallest absolute Gasteiger partial charge is 0.283 e. The monoisotopic (exact) mass is 1850 g/mol. The van der Waals surface area contributed by atoms with E-state index in [1.807, 2.05) is 134 Å². The van der Waals surface area contributed by atoms with Gasteiger partial charge in [0.15, 0.2) is 20.0 Å². The van der Waals surface area contributed by atoms with Crippen LogP contribution in [0.25, 0.3) is 41.8 Å². The average molecular weight is 1860 g/mol. The minimum absolute atomic E-state index is 0.0982. The predicted octanol–water partition coefficient (Wildman–Crippen LogP) is 13.6. The van der Waals surface area contributed by atoms with E-state index in [4.69, 9.17) is 4.74 Å². The van der Waals surface area contributed by atoms with E-state index in [9.17, 15) is 53.7 Å². The first-order valence-electron chi connectivity index (χ1n) is 46.1. The van der Waals surface area contributed by atoms with Crippen LogP contribution in [-0.4, -0.2) is 263 Å². The van der Waals surface area contributed by atoms with Crippen molar-refractivity contribution in [3.63, 3.8) is 0 Å². The second-order valence-corrected chi connectivity index (χ2v) is 41.2. The van der Waals surface area contributed by atoms with Crippen molar-refractivity contribution in [2.24, 2.45) is 0 Å². The first-order valence-corrected chi connectivity index (χ1v) is 49.4. The highest BCUT2D eigenvalue weighted by atomic mass is 32.1. The molecule has 8 aromatic rings. The SMILES string of the molecule is CC[C@@H](C)Nc1cc(C)c(-c2sc(C(=O)N3CC4(CCO4)C3)nc2C(=O)N2CCC[C@@H]2C)cn1.Cc1cc(NC(C)C)ncc1-c1sc(C(=O)NC2CCC2O)nc1C(=O)N1CCC[C@@H]1C.Cc1cc(NC(C)C)ncc1-c1sc(C(=O)N[C@@H]2CC[C@@H]2O)nc1C(=O)N1CCC[C@@H]1C.Cc1cc(NC(C)C)ncc1-c1sc(C(=O)N[C@H]2CC[C@H]2O)nc1C(=O)N1CCC[C@@H]1C. The number of carbonyl (C=O) groups excluding carboxylic acids is 8. The molecular formula is C94H126N20O12S4. The van der Waals surface area contributed by atoms with E-state index in [1.165, 1.54) is 45.3 Å². The minimum Gasteiger partial charge on any atom is -0.391 e. The zero-order chi connectivity index (χ0) is 93.0. The molecule has 17 rings (SSSR count). The Morgan fingerprint density at radius 3 is 0.892 bits per heavy atom. The minimum atomic E-state index is -0.516. The Balaban J connectivity index is 0.000000140. The van der Waals surface area contributed by atoms with Crippen LogP contribution >= 0.6 is 45.3 Å². The van der Waals surface area contributed by atoms with Crippen molar-refractivity contribution in [3.8, 4) is 41.8 Å². The lowest BCUT2D eigenvalue weighted by Gasteiger charge is -2.54. The molecular weight excluding hydrogens is 1730 g/mol. The van der Waals surface area contributed by atoms with Crippen LogP contribution in [0.3, 0.4) is 0 Å². The lowest BCUT2D eigenvalue weighted by atomic mass is 9.86. The first kappa shape index (κ1) is 96.0. The summed E-state index contributed by atoms with van der Waals surface area (Å²) in [7, 11) is 0. The van der Waals surface area contributed by atoms with Gasteiger partial charge in [0, 0.05) is 128 Å². The molecule has 11 atom stereocenters. The van der Waals surface area contributed by atoms with Gasteiger partial charge >= 0.3 is 0 Å². The molecule has 8 amide bonds. The molecule has 9 fully saturated rings. The van der Waals surface area contributed by atoms with E-state index in [-0.39, 0.29) is 128 Å². The summed E-state index contributed by atoms with van der Waals surface area (Å²) in [6.45, 7) is 37.4. The summed E-state index contributed by atoms with van der Waals surface area (Å²) in [4.78, 5) is 154. The van der Waals surface area contributed by atoms with Gasteiger partial charge in [-0.1, -0.05) is 6.92 Å². The molecule has 0 radical (unpaired) electrons. The third kappa shape index (κ3) is 21.6. The van der Waals surface area contributed by atoms with Crippen molar-refractivity contribution in [2.75, 3.05) is 67.1 Å². The Kier molecular flexibility index (Phi) is 30.5. The van der Waals surface area contributed by atoms with E-state index in [0.29, 0.717) is 100 Å². The highest BCUT2D eigenvalue weighted by molar-refractivity contribution is 7.18. The number of ether oxygens (including phenoxy) is 1. The van der Waals surface area contributed by atoms with E-state index in [0.717, 1.165) is 169 Å². The van der Waals surface area contributed by atoms with Crippen molar-refractivity contribution in [2.45, 2.75) is 304 Å². The number of aryl methyl sites for hydroxylation is 4. The maximum Gasteiger partial charge on any atom is 0.283 e. The number of aliphatic hydroxyl groups is 3. The Bertz CT molecular complexity index is 5100. The van der Waals surface area contributed by atoms with E-state index >= 15 is 0 Å². The Labute approximate surface area is 776 Å². The molecule has 9 aliphatic rings. The van der Waals surface area contributed by atoms with Crippen LogP contribution < -0.4 is 37.2 Å². The summed E-state index contributed by atoms with van der Waals surface area (Å²) in [6.07, 6.45) is 19.6. The summed E-state index contributed by atoms with van der Waals surface area (Å²) >= 11 is 4.92. The molecule has 36 heteroatoms. The van der Waals surface area contributed by atoms with Crippen molar-refractivity contribution in [1.82, 2.24) is 80.3 Å². The number of amides is 8. The van der Waals surface area contributed by atoms with Crippen LogP contribution in [-0.2, 0) is 4.74 Å². The van der Waals surface area contributed by atoms with Gasteiger partial charge in [-0.3, -0.25) is 38.4 Å². The lowest BCUT2D eigenvalue weighted by Crippen LogP contribution is -2.69. The summed E-state index contributed by atoms with van der Waals surface area (Å²) in [5.74, 6) is 1.40. The molecule has 3 saturated carbocycles. The second kappa shape index (κ2) is 41.4. The zero-order valence-electron chi connectivity index (χ0n) is 77.4. The number of pyridine rings is 4. The van der Waals surface area contributed by atoms with Crippen molar-refractivity contribution in [3.05, 3.63) is 114 Å². The van der Waals surface area contributed by atoms with Crippen LogP contribution in [0, 0.1) is 27.7 Å². The zero-order valence-corrected chi connectivity index (χ0v) is 80.7. The Morgan fingerprint density at radius 2 is 0.677 bits per heavy atom. The van der Waals surface area contributed by atoms with Crippen LogP contribution in [0.15, 0.2) is 49.1 Å². The fourth-order valence-corrected chi connectivity index (χ4v) is 21.6. The van der Waals surface area contributed by atoms with Crippen LogP contribution in [0.4, 0.5) is 23.3 Å². The molecule has 0 aromatic carbocycles. The number of aliphatic hydroxyl groups excluding tert-OH is 3. The third-order valence-corrected chi connectivity index (χ3v) is 30.3. The molecule has 130 heavy (non-hydrogen) atoms. The number of thiazole rings is 4. The van der Waals surface area contributed by atoms with E-state index in [2.05, 4.69) is 97.9 Å². The van der Waals surface area contributed by atoms with Crippen LogP contribution in [0.5, 0.6) is 0 Å². The summed E-state index contributed by atoms with van der Waals surface area (Å²) < 4.78 is 5.66. The molecule has 10 N–H and O–H groups in total. The summed E-state index contributed by atoms with van der Waals surface area (Å²) in [5.41, 5.74) is 8.25. The number of carbonyl (C=O) groups is 8. The van der Waals surface area contributed by atoms with Crippen LogP contribution in [0.2, 0.25) is 0 Å². The quantitative estimate of drug-likeness (QED) is 0.0269. The molecule has 6 saturated heterocycles. The number of nitrogens with one attached hydrogen (secondary N) is 7. The Morgan fingerprint density at radius 1 is 0.408 bits per heavy atom. The van der Waals surface area contributed by atoms with Crippen molar-refractivity contribution < 1.29 is 58.4 Å². The van der Waals surface area contributed by atoms with Gasteiger partial charge in [0.05, 0.1) is 75.6 Å². The van der Waals surface area contributed by atoms with Gasteiger partial charge in [-0.05, 0) is 247 Å². The fourth-order valence-electron chi connectivity index (χ4n) is 17.4. The number of likely N-dealkylation sites (tertiary alicyclic amines) is 5. The fraction of sp³-hybridized carbons (Fsp3) is 0.574. The van der Waals surface area contributed by atoms with E-state index in [1.54, 1.807) is 29.7 Å². The maximum atomic E-state index is 13.6. The predicted molar refractivity (Wildman–Crippen MR) is 508 cm³/mol. The van der Waals surface area contributed by atoms with Gasteiger partial charge in [0.2, 0.25) is 0 Å². The van der Waals surface area contributed by atoms with Gasteiger partial charge in [-0.2, -0.15) is 0 Å². The van der Waals surface area contributed by atoms with E-state index < -0.39 is 18.3 Å². The maximum absolute atomic E-state index is 13.6. The van der Waals surface area contributed by atoms with Gasteiger partial charge in [0.25, 0.3) is 47.3 Å². The number of hydrogen-bond donors (Lipinski definition) is 10. The molecule has 8 aromatic heterocycles. The van der Waals surface area contributed by atoms with Gasteiger partial charge in [0.1, 0.15) is 51.6 Å². The normalized spacial score (nSPS) is 22.5. The lowest BCUT2D eigenvalue weighted by molar-refractivity contribution is -0.209. The number of rotatable bonds is 24.